The molecule has 0 radical (unpaired) electrons. The number of esters is 1. The second kappa shape index (κ2) is 6.73. The fraction of sp³-hybridized carbons (Fsp3) is 0.150. The average Bonchev–Trinajstić information content (AvgIpc) is 2.61. The van der Waals surface area contributed by atoms with Crippen LogP contribution in [-0.4, -0.2) is 17.9 Å². The molecule has 5 nitrogen and oxygen atoms in total. The number of rotatable bonds is 4. The van der Waals surface area contributed by atoms with Crippen molar-refractivity contribution in [3.63, 3.8) is 0 Å². The van der Waals surface area contributed by atoms with Crippen LogP contribution in [0.15, 0.2) is 63.8 Å². The largest absolute Gasteiger partial charge is 0.449 e. The van der Waals surface area contributed by atoms with E-state index in [1.807, 2.05) is 19.1 Å². The number of Topliss-reactive ketones (excluding diaryl/α,β-unsaturated/α-hetero) is 1. The van der Waals surface area contributed by atoms with E-state index >= 15 is 0 Å². The molecular formula is C20H16O5. The molecule has 0 bridgehead atoms. The zero-order chi connectivity index (χ0) is 18.0. The maximum atomic E-state index is 12.3. The molecular weight excluding hydrogens is 320 g/mol. The van der Waals surface area contributed by atoms with Gasteiger partial charge in [0, 0.05) is 11.6 Å². The molecule has 0 aliphatic heterocycles. The van der Waals surface area contributed by atoms with Crippen LogP contribution in [0.3, 0.4) is 0 Å². The predicted molar refractivity (Wildman–Crippen MR) is 92.9 cm³/mol. The first-order chi connectivity index (χ1) is 12.0. The molecule has 0 fully saturated rings. The van der Waals surface area contributed by atoms with Crippen LogP contribution in [0, 0.1) is 6.92 Å². The second-order valence-electron chi connectivity index (χ2n) is 5.75. The van der Waals surface area contributed by atoms with E-state index in [2.05, 4.69) is 0 Å². The molecule has 2 aromatic carbocycles. The van der Waals surface area contributed by atoms with E-state index in [0.29, 0.717) is 16.5 Å². The third-order valence-electron chi connectivity index (χ3n) is 3.82. The normalized spacial score (nSPS) is 11.9. The Kier molecular flexibility index (Phi) is 4.48. The number of ketones is 1. The third kappa shape index (κ3) is 3.50. The van der Waals surface area contributed by atoms with Gasteiger partial charge in [0.2, 0.25) is 11.5 Å². The van der Waals surface area contributed by atoms with Gasteiger partial charge in [-0.15, -0.1) is 0 Å². The van der Waals surface area contributed by atoms with Crippen molar-refractivity contribution in [2.45, 2.75) is 20.0 Å². The quantitative estimate of drug-likeness (QED) is 0.538. The van der Waals surface area contributed by atoms with Gasteiger partial charge in [-0.05, 0) is 26.0 Å². The predicted octanol–water partition coefficient (Wildman–Crippen LogP) is 3.53. The Morgan fingerprint density at radius 1 is 1.04 bits per heavy atom. The van der Waals surface area contributed by atoms with Crippen molar-refractivity contribution in [3.05, 3.63) is 81.7 Å². The summed E-state index contributed by atoms with van der Waals surface area (Å²) in [6.07, 6.45) is -0.994. The van der Waals surface area contributed by atoms with E-state index in [1.165, 1.54) is 6.92 Å². The molecule has 0 saturated carbocycles. The number of ether oxygens (including phenoxy) is 1. The molecule has 3 rings (SSSR count). The lowest BCUT2D eigenvalue weighted by Gasteiger charge is -2.12. The van der Waals surface area contributed by atoms with Crippen molar-refractivity contribution >= 4 is 22.7 Å². The Hall–Kier alpha value is -3.21. The molecule has 0 aliphatic carbocycles. The van der Waals surface area contributed by atoms with Gasteiger partial charge in [0.25, 0.3) is 0 Å². The van der Waals surface area contributed by atoms with Gasteiger partial charge in [-0.2, -0.15) is 0 Å². The van der Waals surface area contributed by atoms with Gasteiger partial charge >= 0.3 is 5.97 Å². The summed E-state index contributed by atoms with van der Waals surface area (Å²) in [7, 11) is 0. The average molecular weight is 336 g/mol. The Balaban J connectivity index is 1.81. The molecule has 0 saturated heterocycles. The molecule has 25 heavy (non-hydrogen) atoms. The summed E-state index contributed by atoms with van der Waals surface area (Å²) in [4.78, 5) is 36.6. The number of fused-ring (bicyclic) bond motifs is 1. The Labute approximate surface area is 143 Å². The van der Waals surface area contributed by atoms with Gasteiger partial charge < -0.3 is 9.15 Å². The number of hydrogen-bond acceptors (Lipinski definition) is 5. The number of benzene rings is 2. The highest BCUT2D eigenvalue weighted by atomic mass is 16.6. The molecule has 3 aromatic rings. The van der Waals surface area contributed by atoms with Crippen molar-refractivity contribution in [3.8, 4) is 0 Å². The molecule has 5 heteroatoms. The van der Waals surface area contributed by atoms with E-state index in [9.17, 15) is 14.4 Å². The van der Waals surface area contributed by atoms with Crippen molar-refractivity contribution in [1.29, 1.82) is 0 Å². The summed E-state index contributed by atoms with van der Waals surface area (Å²) in [6.45, 7) is 3.40. The van der Waals surface area contributed by atoms with Gasteiger partial charge in [0.1, 0.15) is 5.58 Å². The fourth-order valence-electron chi connectivity index (χ4n) is 2.43. The monoisotopic (exact) mass is 336 g/mol. The van der Waals surface area contributed by atoms with Crippen molar-refractivity contribution in [2.24, 2.45) is 0 Å². The number of carbonyl (C=O) groups is 2. The molecule has 1 aromatic heterocycles. The van der Waals surface area contributed by atoms with Crippen molar-refractivity contribution in [2.75, 3.05) is 0 Å². The van der Waals surface area contributed by atoms with Crippen LogP contribution in [0.25, 0.3) is 11.0 Å². The zero-order valence-corrected chi connectivity index (χ0v) is 13.8. The first-order valence-corrected chi connectivity index (χ1v) is 7.80. The van der Waals surface area contributed by atoms with Gasteiger partial charge in [-0.3, -0.25) is 9.59 Å². The lowest BCUT2D eigenvalue weighted by atomic mass is 10.1. The molecule has 1 heterocycles. The zero-order valence-electron chi connectivity index (χ0n) is 13.8. The Morgan fingerprint density at radius 3 is 2.44 bits per heavy atom. The van der Waals surface area contributed by atoms with Gasteiger partial charge in [-0.25, -0.2) is 4.79 Å². The summed E-state index contributed by atoms with van der Waals surface area (Å²) < 4.78 is 10.6. The molecule has 0 unspecified atom stereocenters. The number of aryl methyl sites for hydroxylation is 1. The number of carbonyl (C=O) groups excluding carboxylic acids is 2. The summed E-state index contributed by atoms with van der Waals surface area (Å²) >= 11 is 0. The van der Waals surface area contributed by atoms with Crippen molar-refractivity contribution < 1.29 is 18.7 Å². The van der Waals surface area contributed by atoms with Gasteiger partial charge in [-0.1, -0.05) is 42.0 Å². The fourth-order valence-corrected chi connectivity index (χ4v) is 2.43. The molecule has 0 N–H and O–H groups in total. The molecule has 0 spiro atoms. The van der Waals surface area contributed by atoms with E-state index in [1.54, 1.807) is 36.4 Å². The molecule has 0 aliphatic rings. The molecule has 0 amide bonds. The van der Waals surface area contributed by atoms with Crippen LogP contribution in [0.4, 0.5) is 0 Å². The minimum atomic E-state index is -0.994. The van der Waals surface area contributed by atoms with Gasteiger partial charge in [0.15, 0.2) is 11.5 Å². The summed E-state index contributed by atoms with van der Waals surface area (Å²) in [5, 5.41) is 0.378. The summed E-state index contributed by atoms with van der Waals surface area (Å²) in [5.41, 5.74) is 1.43. The number of para-hydroxylation sites is 1. The highest BCUT2D eigenvalue weighted by Crippen LogP contribution is 2.14. The Bertz CT molecular complexity index is 999. The molecule has 1 atom stereocenters. The number of hydrogen-bond donors (Lipinski definition) is 0. The van der Waals surface area contributed by atoms with E-state index in [0.717, 1.165) is 11.6 Å². The minimum Gasteiger partial charge on any atom is -0.449 e. The maximum absolute atomic E-state index is 12.3. The maximum Gasteiger partial charge on any atom is 0.375 e. The van der Waals surface area contributed by atoms with E-state index < -0.39 is 12.1 Å². The van der Waals surface area contributed by atoms with Crippen LogP contribution in [-0.2, 0) is 4.74 Å². The highest BCUT2D eigenvalue weighted by Gasteiger charge is 2.22. The first-order valence-electron chi connectivity index (χ1n) is 7.80. The van der Waals surface area contributed by atoms with Crippen LogP contribution < -0.4 is 5.43 Å². The van der Waals surface area contributed by atoms with E-state index in [4.69, 9.17) is 9.15 Å². The van der Waals surface area contributed by atoms with Gasteiger partial charge in [0.05, 0.1) is 5.39 Å². The van der Waals surface area contributed by atoms with Crippen LogP contribution in [0.2, 0.25) is 0 Å². The minimum absolute atomic E-state index is 0.229. The van der Waals surface area contributed by atoms with Crippen LogP contribution in [0.5, 0.6) is 0 Å². The van der Waals surface area contributed by atoms with E-state index in [-0.39, 0.29) is 17.0 Å². The lowest BCUT2D eigenvalue weighted by Crippen LogP contribution is -2.25. The molecule has 126 valence electrons. The summed E-state index contributed by atoms with van der Waals surface area (Å²) in [6, 6.07) is 14.7. The highest BCUT2D eigenvalue weighted by molar-refractivity contribution is 6.01. The Morgan fingerprint density at radius 2 is 1.72 bits per heavy atom. The third-order valence-corrected chi connectivity index (χ3v) is 3.82. The van der Waals surface area contributed by atoms with Crippen LogP contribution >= 0.6 is 0 Å². The smallest absolute Gasteiger partial charge is 0.375 e. The van der Waals surface area contributed by atoms with Crippen LogP contribution in [0.1, 0.15) is 33.4 Å². The second-order valence-corrected chi connectivity index (χ2v) is 5.75. The first kappa shape index (κ1) is 16.6. The SMILES string of the molecule is Cc1ccc(C(=O)[C@H](C)OC(=O)c2cc(=O)c3ccccc3o2)cc1. The standard InChI is InChI=1S/C20H16O5/c1-12-7-9-14(10-8-12)19(22)13(2)24-20(23)18-11-16(21)15-5-3-4-6-17(15)25-18/h3-11,13H,1-2H3/t13-/m0/s1. The van der Waals surface area contributed by atoms with Crippen molar-refractivity contribution in [1.82, 2.24) is 0 Å². The summed E-state index contributed by atoms with van der Waals surface area (Å²) in [5.74, 6) is -1.40. The topological polar surface area (TPSA) is 73.6 Å². The lowest BCUT2D eigenvalue weighted by molar-refractivity contribution is 0.0289.